The molecular formula is C16H21NO. The van der Waals surface area contributed by atoms with E-state index in [4.69, 9.17) is 4.74 Å². The Morgan fingerprint density at radius 2 is 1.72 bits per heavy atom. The van der Waals surface area contributed by atoms with Gasteiger partial charge < -0.3 is 4.74 Å². The number of nitriles is 1. The number of benzene rings is 1. The van der Waals surface area contributed by atoms with Crippen LogP contribution in [0.2, 0.25) is 0 Å². The lowest BCUT2D eigenvalue weighted by atomic mass is 9.76. The van der Waals surface area contributed by atoms with Gasteiger partial charge in [0.05, 0.1) is 11.5 Å². The topological polar surface area (TPSA) is 33.0 Å². The lowest BCUT2D eigenvalue weighted by Gasteiger charge is -2.30. The molecule has 0 aliphatic heterocycles. The first-order valence-electron chi connectivity index (χ1n) is 6.76. The maximum absolute atomic E-state index is 9.40. The molecule has 1 fully saturated rings. The van der Waals surface area contributed by atoms with Gasteiger partial charge >= 0.3 is 0 Å². The van der Waals surface area contributed by atoms with Gasteiger partial charge in [0.25, 0.3) is 0 Å². The Hall–Kier alpha value is -1.49. The first-order valence-corrected chi connectivity index (χ1v) is 6.76. The van der Waals surface area contributed by atoms with Crippen LogP contribution in [-0.4, -0.2) is 6.61 Å². The Morgan fingerprint density at radius 1 is 1.11 bits per heavy atom. The molecule has 0 unspecified atom stereocenters. The third kappa shape index (κ3) is 3.04. The van der Waals surface area contributed by atoms with E-state index in [0.717, 1.165) is 31.4 Å². The first-order chi connectivity index (χ1) is 8.63. The van der Waals surface area contributed by atoms with Gasteiger partial charge in [-0.1, -0.05) is 25.3 Å². The molecule has 0 spiro atoms. The van der Waals surface area contributed by atoms with Crippen LogP contribution in [0.5, 0.6) is 5.75 Å². The highest BCUT2D eigenvalue weighted by Crippen LogP contribution is 2.36. The van der Waals surface area contributed by atoms with Crippen LogP contribution in [-0.2, 0) is 0 Å². The second-order valence-corrected chi connectivity index (χ2v) is 5.56. The number of ether oxygens (including phenoxy) is 1. The molecule has 0 N–H and O–H groups in total. The van der Waals surface area contributed by atoms with Crippen molar-refractivity contribution >= 4 is 0 Å². The SMILES string of the molecule is Cc1cc(C)cc(OCC2(C#N)CCCCC2)c1. The van der Waals surface area contributed by atoms with Crippen molar-refractivity contribution in [2.45, 2.75) is 46.0 Å². The highest BCUT2D eigenvalue weighted by atomic mass is 16.5. The molecule has 1 saturated carbocycles. The summed E-state index contributed by atoms with van der Waals surface area (Å²) in [6.45, 7) is 4.67. The number of nitrogens with zero attached hydrogens (tertiary/aromatic N) is 1. The van der Waals surface area contributed by atoms with Crippen molar-refractivity contribution in [3.05, 3.63) is 29.3 Å². The molecule has 0 radical (unpaired) electrons. The van der Waals surface area contributed by atoms with E-state index in [0.29, 0.717) is 6.61 Å². The minimum absolute atomic E-state index is 0.254. The smallest absolute Gasteiger partial charge is 0.119 e. The molecule has 96 valence electrons. The number of aryl methyl sites for hydroxylation is 2. The first kappa shape index (κ1) is 13.0. The Labute approximate surface area is 110 Å². The summed E-state index contributed by atoms with van der Waals surface area (Å²) in [6.07, 6.45) is 5.53. The number of rotatable bonds is 3. The lowest BCUT2D eigenvalue weighted by molar-refractivity contribution is 0.150. The average molecular weight is 243 g/mol. The summed E-state index contributed by atoms with van der Waals surface area (Å²) < 4.78 is 5.88. The van der Waals surface area contributed by atoms with E-state index < -0.39 is 0 Å². The van der Waals surface area contributed by atoms with E-state index in [1.54, 1.807) is 0 Å². The monoisotopic (exact) mass is 243 g/mol. The molecule has 0 bridgehead atoms. The second kappa shape index (κ2) is 5.44. The minimum Gasteiger partial charge on any atom is -0.492 e. The molecule has 0 heterocycles. The molecular weight excluding hydrogens is 222 g/mol. The molecule has 1 aromatic rings. The molecule has 2 nitrogen and oxygen atoms in total. The summed E-state index contributed by atoms with van der Waals surface area (Å²) in [5, 5.41) is 9.40. The molecule has 1 aliphatic rings. The van der Waals surface area contributed by atoms with Crippen LogP contribution < -0.4 is 4.74 Å². The standard InChI is InChI=1S/C16H21NO/c1-13-8-14(2)10-15(9-13)18-12-16(11-17)6-4-3-5-7-16/h8-10H,3-7,12H2,1-2H3. The number of hydrogen-bond donors (Lipinski definition) is 0. The van der Waals surface area contributed by atoms with Crippen LogP contribution >= 0.6 is 0 Å². The third-order valence-corrected chi connectivity index (χ3v) is 3.76. The lowest BCUT2D eigenvalue weighted by Crippen LogP contribution is -2.29. The van der Waals surface area contributed by atoms with Crippen LogP contribution in [0, 0.1) is 30.6 Å². The Balaban J connectivity index is 2.03. The fraction of sp³-hybridized carbons (Fsp3) is 0.562. The molecule has 0 amide bonds. The van der Waals surface area contributed by atoms with Crippen molar-refractivity contribution in [2.75, 3.05) is 6.61 Å². The Bertz CT molecular complexity index is 432. The van der Waals surface area contributed by atoms with E-state index in [9.17, 15) is 5.26 Å². The van der Waals surface area contributed by atoms with Gasteiger partial charge in [0, 0.05) is 0 Å². The van der Waals surface area contributed by atoms with Gasteiger partial charge in [0.15, 0.2) is 0 Å². The molecule has 1 aromatic carbocycles. The zero-order chi connectivity index (χ0) is 13.0. The van der Waals surface area contributed by atoms with Gasteiger partial charge in [0.2, 0.25) is 0 Å². The van der Waals surface area contributed by atoms with Crippen molar-refractivity contribution in [3.8, 4) is 11.8 Å². The predicted octanol–water partition coefficient (Wildman–Crippen LogP) is 4.16. The fourth-order valence-electron chi connectivity index (χ4n) is 2.75. The van der Waals surface area contributed by atoms with Gasteiger partial charge in [-0.3, -0.25) is 0 Å². The maximum Gasteiger partial charge on any atom is 0.119 e. The summed E-state index contributed by atoms with van der Waals surface area (Å²) in [6, 6.07) is 8.71. The molecule has 18 heavy (non-hydrogen) atoms. The largest absolute Gasteiger partial charge is 0.492 e. The zero-order valence-electron chi connectivity index (χ0n) is 11.3. The fourth-order valence-corrected chi connectivity index (χ4v) is 2.75. The van der Waals surface area contributed by atoms with Crippen molar-refractivity contribution < 1.29 is 4.74 Å². The molecule has 0 aromatic heterocycles. The van der Waals surface area contributed by atoms with Crippen LogP contribution in [0.4, 0.5) is 0 Å². The van der Waals surface area contributed by atoms with Gasteiger partial charge in [-0.25, -0.2) is 0 Å². The van der Waals surface area contributed by atoms with Gasteiger partial charge in [-0.15, -0.1) is 0 Å². The van der Waals surface area contributed by atoms with Crippen LogP contribution in [0.3, 0.4) is 0 Å². The molecule has 2 rings (SSSR count). The van der Waals surface area contributed by atoms with E-state index in [1.165, 1.54) is 17.5 Å². The Kier molecular flexibility index (Phi) is 3.91. The van der Waals surface area contributed by atoms with Crippen LogP contribution in [0.1, 0.15) is 43.2 Å². The van der Waals surface area contributed by atoms with E-state index in [-0.39, 0.29) is 5.41 Å². The predicted molar refractivity (Wildman–Crippen MR) is 72.5 cm³/mol. The Morgan fingerprint density at radius 3 is 2.28 bits per heavy atom. The van der Waals surface area contributed by atoms with Crippen molar-refractivity contribution in [1.29, 1.82) is 5.26 Å². The van der Waals surface area contributed by atoms with Crippen LogP contribution in [0.15, 0.2) is 18.2 Å². The van der Waals surface area contributed by atoms with E-state index in [2.05, 4.69) is 26.0 Å². The highest BCUT2D eigenvalue weighted by Gasteiger charge is 2.32. The van der Waals surface area contributed by atoms with Crippen molar-refractivity contribution in [1.82, 2.24) is 0 Å². The van der Waals surface area contributed by atoms with E-state index >= 15 is 0 Å². The molecule has 1 aliphatic carbocycles. The zero-order valence-corrected chi connectivity index (χ0v) is 11.3. The van der Waals surface area contributed by atoms with Crippen LogP contribution in [0.25, 0.3) is 0 Å². The quantitative estimate of drug-likeness (QED) is 0.798. The summed E-state index contributed by atoms with van der Waals surface area (Å²) >= 11 is 0. The second-order valence-electron chi connectivity index (χ2n) is 5.56. The van der Waals surface area contributed by atoms with Gasteiger partial charge in [-0.05, 0) is 49.9 Å². The van der Waals surface area contributed by atoms with Gasteiger partial charge in [-0.2, -0.15) is 5.26 Å². The van der Waals surface area contributed by atoms with Gasteiger partial charge in [0.1, 0.15) is 12.4 Å². The summed E-state index contributed by atoms with van der Waals surface area (Å²) in [4.78, 5) is 0. The third-order valence-electron chi connectivity index (χ3n) is 3.76. The molecule has 0 atom stereocenters. The maximum atomic E-state index is 9.40. The average Bonchev–Trinajstić information content (AvgIpc) is 2.36. The number of hydrogen-bond acceptors (Lipinski definition) is 2. The van der Waals surface area contributed by atoms with Crippen molar-refractivity contribution in [2.24, 2.45) is 5.41 Å². The van der Waals surface area contributed by atoms with Crippen molar-refractivity contribution in [3.63, 3.8) is 0 Å². The molecule has 0 saturated heterocycles. The summed E-state index contributed by atoms with van der Waals surface area (Å²) in [5.41, 5.74) is 2.16. The summed E-state index contributed by atoms with van der Waals surface area (Å²) in [5.74, 6) is 0.896. The molecule has 2 heteroatoms. The van der Waals surface area contributed by atoms with E-state index in [1.807, 2.05) is 12.1 Å². The highest BCUT2D eigenvalue weighted by molar-refractivity contribution is 5.33. The minimum atomic E-state index is -0.254. The normalized spacial score (nSPS) is 18.1. The summed E-state index contributed by atoms with van der Waals surface area (Å²) in [7, 11) is 0.